The third-order valence-electron chi connectivity index (χ3n) is 4.64. The Kier molecular flexibility index (Phi) is 5.87. The van der Waals surface area contributed by atoms with Crippen LogP contribution in [0.15, 0.2) is 30.3 Å². The van der Waals surface area contributed by atoms with E-state index in [4.69, 9.17) is 0 Å². The Hall–Kier alpha value is -2.14. The zero-order chi connectivity index (χ0) is 17.6. The summed E-state index contributed by atoms with van der Waals surface area (Å²) in [5.41, 5.74) is 3.95. The number of carbonyl (C=O) groups is 1. The predicted molar refractivity (Wildman–Crippen MR) is 99.3 cm³/mol. The van der Waals surface area contributed by atoms with Crippen molar-refractivity contribution >= 4 is 5.91 Å². The molecule has 1 aromatic heterocycles. The standard InChI is InChI=1S/C20H28N4O/c1-15(2)11-18-12-19(23-22-18)20(25)21-13-16-7-3-4-8-17(16)14-24-9-5-6-10-24/h3-4,7-8,12,15H,5-6,9-11,13-14H2,1-2H3,(H,21,25)(H,22,23). The van der Waals surface area contributed by atoms with Gasteiger partial charge in [0.25, 0.3) is 5.91 Å². The van der Waals surface area contributed by atoms with Crippen LogP contribution < -0.4 is 5.32 Å². The van der Waals surface area contributed by atoms with Crippen molar-refractivity contribution in [3.8, 4) is 0 Å². The fourth-order valence-corrected chi connectivity index (χ4v) is 3.35. The van der Waals surface area contributed by atoms with Gasteiger partial charge in [-0.3, -0.25) is 14.8 Å². The van der Waals surface area contributed by atoms with Crippen LogP contribution in [0.5, 0.6) is 0 Å². The fourth-order valence-electron chi connectivity index (χ4n) is 3.35. The summed E-state index contributed by atoms with van der Waals surface area (Å²) in [6, 6.07) is 10.2. The van der Waals surface area contributed by atoms with Gasteiger partial charge in [0.15, 0.2) is 0 Å². The Balaban J connectivity index is 1.59. The topological polar surface area (TPSA) is 61.0 Å². The molecule has 0 radical (unpaired) electrons. The first-order valence-corrected chi connectivity index (χ1v) is 9.23. The zero-order valence-corrected chi connectivity index (χ0v) is 15.2. The monoisotopic (exact) mass is 340 g/mol. The highest BCUT2D eigenvalue weighted by molar-refractivity contribution is 5.92. The van der Waals surface area contributed by atoms with Gasteiger partial charge in [0, 0.05) is 18.8 Å². The SMILES string of the molecule is CC(C)Cc1cc(C(=O)NCc2ccccc2CN2CCCC2)n[nH]1. The van der Waals surface area contributed by atoms with Gasteiger partial charge in [-0.25, -0.2) is 0 Å². The number of nitrogens with one attached hydrogen (secondary N) is 2. The summed E-state index contributed by atoms with van der Waals surface area (Å²) in [6.45, 7) is 8.15. The van der Waals surface area contributed by atoms with E-state index >= 15 is 0 Å². The van der Waals surface area contributed by atoms with E-state index in [1.54, 1.807) is 0 Å². The third-order valence-corrected chi connectivity index (χ3v) is 4.64. The van der Waals surface area contributed by atoms with E-state index in [0.717, 1.165) is 18.7 Å². The van der Waals surface area contributed by atoms with Gasteiger partial charge in [-0.05, 0) is 55.5 Å². The molecule has 5 heteroatoms. The number of amides is 1. The van der Waals surface area contributed by atoms with Crippen LogP contribution in [0.25, 0.3) is 0 Å². The Morgan fingerprint density at radius 2 is 1.96 bits per heavy atom. The van der Waals surface area contributed by atoms with E-state index in [1.807, 2.05) is 12.1 Å². The number of nitrogens with zero attached hydrogens (tertiary/aromatic N) is 2. The average molecular weight is 340 g/mol. The normalized spacial score (nSPS) is 15.0. The molecular weight excluding hydrogens is 312 g/mol. The lowest BCUT2D eigenvalue weighted by atomic mass is 10.1. The molecule has 1 fully saturated rings. The van der Waals surface area contributed by atoms with Crippen molar-refractivity contribution in [2.75, 3.05) is 13.1 Å². The van der Waals surface area contributed by atoms with E-state index in [9.17, 15) is 4.79 Å². The summed E-state index contributed by atoms with van der Waals surface area (Å²) >= 11 is 0. The van der Waals surface area contributed by atoms with Crippen LogP contribution in [-0.2, 0) is 19.5 Å². The highest BCUT2D eigenvalue weighted by Gasteiger charge is 2.15. The van der Waals surface area contributed by atoms with E-state index < -0.39 is 0 Å². The van der Waals surface area contributed by atoms with Crippen LogP contribution in [0.2, 0.25) is 0 Å². The number of likely N-dealkylation sites (tertiary alicyclic amines) is 1. The summed E-state index contributed by atoms with van der Waals surface area (Å²) in [5, 5.41) is 10.1. The molecule has 5 nitrogen and oxygen atoms in total. The minimum absolute atomic E-state index is 0.123. The molecule has 1 saturated heterocycles. The van der Waals surface area contributed by atoms with Crippen LogP contribution >= 0.6 is 0 Å². The second kappa shape index (κ2) is 8.30. The van der Waals surface area contributed by atoms with Gasteiger partial charge in [-0.1, -0.05) is 38.1 Å². The van der Waals surface area contributed by atoms with E-state index in [0.29, 0.717) is 18.2 Å². The van der Waals surface area contributed by atoms with E-state index in [1.165, 1.54) is 37.1 Å². The molecule has 0 unspecified atom stereocenters. The molecule has 25 heavy (non-hydrogen) atoms. The molecule has 2 heterocycles. The number of hydrogen-bond acceptors (Lipinski definition) is 3. The number of rotatable bonds is 7. The van der Waals surface area contributed by atoms with Gasteiger partial charge in [0.2, 0.25) is 0 Å². The minimum atomic E-state index is -0.123. The molecular formula is C20H28N4O. The third kappa shape index (κ3) is 4.92. The van der Waals surface area contributed by atoms with Gasteiger partial charge in [-0.15, -0.1) is 0 Å². The fraction of sp³-hybridized carbons (Fsp3) is 0.500. The molecule has 2 N–H and O–H groups in total. The van der Waals surface area contributed by atoms with Crippen LogP contribution in [0.3, 0.4) is 0 Å². The number of carbonyl (C=O) groups excluding carboxylic acids is 1. The van der Waals surface area contributed by atoms with Gasteiger partial charge in [0.1, 0.15) is 5.69 Å². The largest absolute Gasteiger partial charge is 0.347 e. The quantitative estimate of drug-likeness (QED) is 0.814. The average Bonchev–Trinajstić information content (AvgIpc) is 3.25. The summed E-state index contributed by atoms with van der Waals surface area (Å²) in [7, 11) is 0. The Morgan fingerprint density at radius 1 is 1.24 bits per heavy atom. The van der Waals surface area contributed by atoms with Crippen LogP contribution in [0, 0.1) is 5.92 Å². The molecule has 0 saturated carbocycles. The molecule has 0 bridgehead atoms. The maximum Gasteiger partial charge on any atom is 0.272 e. The van der Waals surface area contributed by atoms with Crippen molar-refractivity contribution in [3.63, 3.8) is 0 Å². The number of hydrogen-bond donors (Lipinski definition) is 2. The summed E-state index contributed by atoms with van der Waals surface area (Å²) < 4.78 is 0. The first kappa shape index (κ1) is 17.7. The lowest BCUT2D eigenvalue weighted by molar-refractivity contribution is 0.0945. The number of H-pyrrole nitrogens is 1. The minimum Gasteiger partial charge on any atom is -0.347 e. The molecule has 1 aromatic carbocycles. The smallest absolute Gasteiger partial charge is 0.272 e. The van der Waals surface area contributed by atoms with Crippen molar-refractivity contribution in [1.82, 2.24) is 20.4 Å². The first-order chi connectivity index (χ1) is 12.1. The molecule has 1 aliphatic heterocycles. The van der Waals surface area contributed by atoms with E-state index in [-0.39, 0.29) is 5.91 Å². The van der Waals surface area contributed by atoms with Gasteiger partial charge < -0.3 is 5.32 Å². The molecule has 2 aromatic rings. The second-order valence-electron chi connectivity index (χ2n) is 7.31. The summed E-state index contributed by atoms with van der Waals surface area (Å²) in [6.07, 6.45) is 3.48. The molecule has 3 rings (SSSR count). The van der Waals surface area contributed by atoms with Crippen molar-refractivity contribution in [2.45, 2.75) is 46.2 Å². The predicted octanol–water partition coefficient (Wildman–Crippen LogP) is 3.13. The molecule has 1 aliphatic rings. The zero-order valence-electron chi connectivity index (χ0n) is 15.2. The highest BCUT2D eigenvalue weighted by Crippen LogP contribution is 2.16. The van der Waals surface area contributed by atoms with Crippen molar-refractivity contribution in [1.29, 1.82) is 0 Å². The van der Waals surface area contributed by atoms with Gasteiger partial charge in [-0.2, -0.15) is 5.10 Å². The molecule has 0 atom stereocenters. The molecule has 134 valence electrons. The lowest BCUT2D eigenvalue weighted by Gasteiger charge is -2.17. The highest BCUT2D eigenvalue weighted by atomic mass is 16.1. The Morgan fingerprint density at radius 3 is 2.68 bits per heavy atom. The Labute approximate surface area is 149 Å². The van der Waals surface area contributed by atoms with E-state index in [2.05, 4.69) is 52.5 Å². The second-order valence-corrected chi connectivity index (χ2v) is 7.31. The molecule has 1 amide bonds. The maximum absolute atomic E-state index is 12.4. The molecule has 0 aliphatic carbocycles. The number of benzene rings is 1. The summed E-state index contributed by atoms with van der Waals surface area (Å²) in [5.74, 6) is 0.413. The Bertz CT molecular complexity index is 701. The number of aromatic amines is 1. The number of aromatic nitrogens is 2. The van der Waals surface area contributed by atoms with Crippen LogP contribution in [0.1, 0.15) is 54.0 Å². The summed E-state index contributed by atoms with van der Waals surface area (Å²) in [4.78, 5) is 14.8. The lowest BCUT2D eigenvalue weighted by Crippen LogP contribution is -2.25. The molecule has 0 spiro atoms. The maximum atomic E-state index is 12.4. The first-order valence-electron chi connectivity index (χ1n) is 9.23. The van der Waals surface area contributed by atoms with Crippen LogP contribution in [0.4, 0.5) is 0 Å². The van der Waals surface area contributed by atoms with Crippen molar-refractivity contribution < 1.29 is 4.79 Å². The van der Waals surface area contributed by atoms with Crippen molar-refractivity contribution in [3.05, 3.63) is 52.8 Å². The van der Waals surface area contributed by atoms with Gasteiger partial charge in [0.05, 0.1) is 0 Å². The van der Waals surface area contributed by atoms with Gasteiger partial charge >= 0.3 is 0 Å². The van der Waals surface area contributed by atoms with Crippen molar-refractivity contribution in [2.24, 2.45) is 5.92 Å². The van der Waals surface area contributed by atoms with Crippen LogP contribution in [-0.4, -0.2) is 34.1 Å².